The van der Waals surface area contributed by atoms with E-state index >= 15 is 0 Å². The molecule has 0 heterocycles. The van der Waals surface area contributed by atoms with E-state index in [9.17, 15) is 18.8 Å². The van der Waals surface area contributed by atoms with Crippen LogP contribution in [0.15, 0.2) is 24.3 Å². The van der Waals surface area contributed by atoms with Crippen molar-refractivity contribution in [1.82, 2.24) is 10.6 Å². The van der Waals surface area contributed by atoms with E-state index in [2.05, 4.69) is 10.6 Å². The molecule has 7 heteroatoms. The van der Waals surface area contributed by atoms with Gasteiger partial charge in [-0.25, -0.2) is 4.39 Å². The molecule has 1 fully saturated rings. The minimum Gasteiger partial charge on any atom is -0.451 e. The van der Waals surface area contributed by atoms with Crippen LogP contribution >= 0.6 is 0 Å². The highest BCUT2D eigenvalue weighted by Crippen LogP contribution is 2.17. The first kappa shape index (κ1) is 17.9. The second-order valence-electron chi connectivity index (χ2n) is 5.78. The molecule has 1 aliphatic carbocycles. The standard InChI is InChI=1S/C17H21FN2O4/c1-11(16(22)20-12-6-2-3-7-12)24-15(21)10-19-17(23)13-8-4-5-9-14(13)18/h4-5,8-9,11-12H,2-3,6-7,10H2,1H3,(H,19,23)(H,20,22). The van der Waals surface area contributed by atoms with Crippen molar-refractivity contribution in [2.45, 2.75) is 44.8 Å². The molecule has 0 spiro atoms. The van der Waals surface area contributed by atoms with Crippen molar-refractivity contribution >= 4 is 17.8 Å². The Labute approximate surface area is 139 Å². The van der Waals surface area contributed by atoms with Crippen LogP contribution in [0.2, 0.25) is 0 Å². The smallest absolute Gasteiger partial charge is 0.326 e. The summed E-state index contributed by atoms with van der Waals surface area (Å²) in [5, 5.41) is 5.10. The van der Waals surface area contributed by atoms with Crippen molar-refractivity contribution in [1.29, 1.82) is 0 Å². The van der Waals surface area contributed by atoms with E-state index in [1.165, 1.54) is 25.1 Å². The van der Waals surface area contributed by atoms with Crippen molar-refractivity contribution in [3.05, 3.63) is 35.6 Å². The predicted molar refractivity (Wildman–Crippen MR) is 84.7 cm³/mol. The molecule has 1 aliphatic rings. The predicted octanol–water partition coefficient (Wildman–Crippen LogP) is 1.55. The number of carbonyl (C=O) groups excluding carboxylic acids is 3. The molecule has 0 aromatic heterocycles. The molecule has 130 valence electrons. The van der Waals surface area contributed by atoms with Gasteiger partial charge in [0.1, 0.15) is 12.4 Å². The summed E-state index contributed by atoms with van der Waals surface area (Å²) >= 11 is 0. The molecule has 1 unspecified atom stereocenters. The van der Waals surface area contributed by atoms with Crippen LogP contribution in [0.25, 0.3) is 0 Å². The van der Waals surface area contributed by atoms with E-state index in [1.54, 1.807) is 0 Å². The number of carbonyl (C=O) groups is 3. The zero-order valence-electron chi connectivity index (χ0n) is 13.5. The van der Waals surface area contributed by atoms with Crippen LogP contribution in [0, 0.1) is 5.82 Å². The van der Waals surface area contributed by atoms with Crippen LogP contribution in [-0.2, 0) is 14.3 Å². The lowest BCUT2D eigenvalue weighted by atomic mass is 10.2. The first-order valence-electron chi connectivity index (χ1n) is 8.00. The van der Waals surface area contributed by atoms with Gasteiger partial charge in [0, 0.05) is 6.04 Å². The largest absolute Gasteiger partial charge is 0.451 e. The monoisotopic (exact) mass is 336 g/mol. The third-order valence-corrected chi connectivity index (χ3v) is 3.89. The number of nitrogens with one attached hydrogen (secondary N) is 2. The van der Waals surface area contributed by atoms with Gasteiger partial charge in [0.2, 0.25) is 0 Å². The third kappa shape index (κ3) is 5.04. The van der Waals surface area contributed by atoms with Crippen LogP contribution in [0.3, 0.4) is 0 Å². The number of ether oxygens (including phenoxy) is 1. The van der Waals surface area contributed by atoms with E-state index in [1.807, 2.05) is 0 Å². The van der Waals surface area contributed by atoms with Crippen molar-refractivity contribution in [2.75, 3.05) is 6.54 Å². The molecule has 2 N–H and O–H groups in total. The van der Waals surface area contributed by atoms with Crippen molar-refractivity contribution in [3.8, 4) is 0 Å². The number of rotatable bonds is 6. The van der Waals surface area contributed by atoms with Crippen LogP contribution in [0.5, 0.6) is 0 Å². The molecule has 0 saturated heterocycles. The normalized spacial score (nSPS) is 15.6. The fourth-order valence-corrected chi connectivity index (χ4v) is 2.57. The van der Waals surface area contributed by atoms with Gasteiger partial charge in [0.05, 0.1) is 5.56 Å². The van der Waals surface area contributed by atoms with Gasteiger partial charge < -0.3 is 15.4 Å². The van der Waals surface area contributed by atoms with E-state index in [-0.39, 0.29) is 17.5 Å². The van der Waals surface area contributed by atoms with E-state index in [4.69, 9.17) is 4.74 Å². The van der Waals surface area contributed by atoms with Gasteiger partial charge in [-0.15, -0.1) is 0 Å². The second-order valence-corrected chi connectivity index (χ2v) is 5.78. The molecule has 2 amide bonds. The lowest BCUT2D eigenvalue weighted by molar-refractivity contribution is -0.154. The molecular weight excluding hydrogens is 315 g/mol. The van der Waals surface area contributed by atoms with Gasteiger partial charge in [0.15, 0.2) is 6.10 Å². The summed E-state index contributed by atoms with van der Waals surface area (Å²) in [5.41, 5.74) is -0.155. The Balaban J connectivity index is 1.75. The van der Waals surface area contributed by atoms with Crippen molar-refractivity contribution < 1.29 is 23.5 Å². The average Bonchev–Trinajstić information content (AvgIpc) is 3.06. The second kappa shape index (κ2) is 8.42. The van der Waals surface area contributed by atoms with Gasteiger partial charge >= 0.3 is 5.97 Å². The summed E-state index contributed by atoms with van der Waals surface area (Å²) in [6.45, 7) is 1.04. The molecule has 1 aromatic rings. The number of halogens is 1. The Morgan fingerprint density at radius 1 is 1.25 bits per heavy atom. The highest BCUT2D eigenvalue weighted by Gasteiger charge is 2.23. The summed E-state index contributed by atoms with van der Waals surface area (Å²) in [7, 11) is 0. The zero-order chi connectivity index (χ0) is 17.5. The topological polar surface area (TPSA) is 84.5 Å². The molecule has 6 nitrogen and oxygen atoms in total. The summed E-state index contributed by atoms with van der Waals surface area (Å²) in [6.07, 6.45) is 3.10. The van der Waals surface area contributed by atoms with Gasteiger partial charge in [-0.2, -0.15) is 0 Å². The third-order valence-electron chi connectivity index (χ3n) is 3.89. The maximum absolute atomic E-state index is 13.4. The number of benzene rings is 1. The number of hydrogen-bond acceptors (Lipinski definition) is 4. The lowest BCUT2D eigenvalue weighted by Gasteiger charge is -2.17. The molecule has 1 saturated carbocycles. The first-order chi connectivity index (χ1) is 11.5. The van der Waals surface area contributed by atoms with Gasteiger partial charge in [-0.3, -0.25) is 14.4 Å². The summed E-state index contributed by atoms with van der Waals surface area (Å²) < 4.78 is 18.4. The van der Waals surface area contributed by atoms with Crippen molar-refractivity contribution in [3.63, 3.8) is 0 Å². The Morgan fingerprint density at radius 2 is 1.92 bits per heavy atom. The fourth-order valence-electron chi connectivity index (χ4n) is 2.57. The summed E-state index contributed by atoms with van der Waals surface area (Å²) in [5.74, 6) is -2.50. The van der Waals surface area contributed by atoms with E-state index < -0.39 is 30.3 Å². The summed E-state index contributed by atoms with van der Waals surface area (Å²) in [6, 6.07) is 5.59. The number of hydrogen-bond donors (Lipinski definition) is 2. The fraction of sp³-hybridized carbons (Fsp3) is 0.471. The van der Waals surface area contributed by atoms with Crippen LogP contribution < -0.4 is 10.6 Å². The van der Waals surface area contributed by atoms with Crippen LogP contribution in [-0.4, -0.2) is 36.5 Å². The van der Waals surface area contributed by atoms with E-state index in [0.29, 0.717) is 0 Å². The molecule has 24 heavy (non-hydrogen) atoms. The van der Waals surface area contributed by atoms with Gasteiger partial charge in [0.25, 0.3) is 11.8 Å². The Morgan fingerprint density at radius 3 is 2.58 bits per heavy atom. The SMILES string of the molecule is CC(OC(=O)CNC(=O)c1ccccc1F)C(=O)NC1CCCC1. The number of amides is 2. The molecule has 0 bridgehead atoms. The Kier molecular flexibility index (Phi) is 6.28. The van der Waals surface area contributed by atoms with Crippen LogP contribution in [0.4, 0.5) is 4.39 Å². The zero-order valence-corrected chi connectivity index (χ0v) is 13.5. The molecule has 0 aliphatic heterocycles. The minimum absolute atomic E-state index is 0.138. The Bertz CT molecular complexity index is 614. The minimum atomic E-state index is -0.941. The molecule has 1 atom stereocenters. The Hall–Kier alpha value is -2.44. The molecule has 1 aromatic carbocycles. The average molecular weight is 336 g/mol. The van der Waals surface area contributed by atoms with Crippen molar-refractivity contribution in [2.24, 2.45) is 0 Å². The quantitative estimate of drug-likeness (QED) is 0.772. The van der Waals surface area contributed by atoms with E-state index in [0.717, 1.165) is 31.7 Å². The molecule has 0 radical (unpaired) electrons. The lowest BCUT2D eigenvalue weighted by Crippen LogP contribution is -2.42. The summed E-state index contributed by atoms with van der Waals surface area (Å²) in [4.78, 5) is 35.4. The molecule has 2 rings (SSSR count). The van der Waals surface area contributed by atoms with Gasteiger partial charge in [-0.05, 0) is 31.9 Å². The first-order valence-corrected chi connectivity index (χ1v) is 8.00. The van der Waals surface area contributed by atoms with Crippen LogP contribution in [0.1, 0.15) is 43.0 Å². The maximum atomic E-state index is 13.4. The highest BCUT2D eigenvalue weighted by molar-refractivity contribution is 5.96. The number of esters is 1. The molecular formula is C17H21FN2O4. The highest BCUT2D eigenvalue weighted by atomic mass is 19.1. The van der Waals surface area contributed by atoms with Gasteiger partial charge in [-0.1, -0.05) is 25.0 Å². The maximum Gasteiger partial charge on any atom is 0.326 e.